The van der Waals surface area contributed by atoms with Crippen molar-refractivity contribution in [1.29, 1.82) is 0 Å². The van der Waals surface area contributed by atoms with Gasteiger partial charge in [-0.2, -0.15) is 36.4 Å². The number of aromatic nitrogens is 1. The van der Waals surface area contributed by atoms with Crippen molar-refractivity contribution < 1.29 is 21.6 Å². The molecule has 0 N–H and O–H groups in total. The van der Waals surface area contributed by atoms with E-state index >= 15 is 0 Å². The molecule has 0 aliphatic heterocycles. The minimum atomic E-state index is -0.0479. The number of hydrogen-bond acceptors (Lipinski definition) is 3. The molecule has 1 aromatic heterocycles. The summed E-state index contributed by atoms with van der Waals surface area (Å²) in [5.74, 6) is 0.693. The third-order valence-corrected chi connectivity index (χ3v) is 4.72. The Balaban J connectivity index is 0.000000361. The number of nitrogens with zero attached hydrogens (tertiary/aromatic N) is 2. The molecule has 0 saturated heterocycles. The summed E-state index contributed by atoms with van der Waals surface area (Å²) in [7, 11) is 0. The van der Waals surface area contributed by atoms with Crippen molar-refractivity contribution in [3.05, 3.63) is 132 Å². The molecule has 0 bridgehead atoms. The van der Waals surface area contributed by atoms with E-state index in [0.717, 1.165) is 5.69 Å². The van der Waals surface area contributed by atoms with E-state index in [1.165, 1.54) is 11.1 Å². The van der Waals surface area contributed by atoms with Crippen LogP contribution in [0.2, 0.25) is 0 Å². The molecule has 1 heterocycles. The monoisotopic (exact) mass is 494 g/mol. The Morgan fingerprint density at radius 2 is 1.21 bits per heavy atom. The molecule has 4 heteroatoms. The van der Waals surface area contributed by atoms with Gasteiger partial charge in [0.05, 0.1) is 11.0 Å². The summed E-state index contributed by atoms with van der Waals surface area (Å²) in [6, 6.07) is 33.3. The van der Waals surface area contributed by atoms with Crippen molar-refractivity contribution in [2.75, 3.05) is 0 Å². The molecule has 0 aliphatic rings. The summed E-state index contributed by atoms with van der Waals surface area (Å²) in [4.78, 5) is 8.50. The number of pyridine rings is 1. The molecule has 34 heavy (non-hydrogen) atoms. The number of para-hydroxylation sites is 1. The second-order valence-corrected chi connectivity index (χ2v) is 7.97. The third kappa shape index (κ3) is 10.1. The molecular weight excluding hydrogens is 463 g/mol. The number of benzene rings is 2. The summed E-state index contributed by atoms with van der Waals surface area (Å²) in [5.41, 5.74) is 3.32. The minimum Gasteiger partial charge on any atom is -0.871 e. The molecule has 0 saturated carbocycles. The minimum absolute atomic E-state index is 0. The predicted octanol–water partition coefficient (Wildman–Crippen LogP) is 6.81. The van der Waals surface area contributed by atoms with Gasteiger partial charge in [0, 0.05) is 12.4 Å². The van der Waals surface area contributed by atoms with Crippen LogP contribution >= 0.6 is 0 Å². The molecule has 0 unspecified atom stereocenters. The van der Waals surface area contributed by atoms with E-state index in [4.69, 9.17) is 4.99 Å². The molecule has 4 aromatic rings. The molecular formula is C30H32N2NiO. The van der Waals surface area contributed by atoms with Crippen LogP contribution in [0.3, 0.4) is 0 Å². The maximum atomic E-state index is 12.1. The van der Waals surface area contributed by atoms with Crippen LogP contribution in [0.5, 0.6) is 5.75 Å². The second-order valence-electron chi connectivity index (χ2n) is 7.97. The van der Waals surface area contributed by atoms with Crippen molar-refractivity contribution in [1.82, 2.24) is 4.98 Å². The first-order chi connectivity index (χ1) is 16.0. The number of rotatable bonds is 3. The van der Waals surface area contributed by atoms with E-state index < -0.39 is 0 Å². The molecule has 4 rings (SSSR count). The quantitative estimate of drug-likeness (QED) is 0.232. The van der Waals surface area contributed by atoms with Gasteiger partial charge < -0.3 is 5.11 Å². The average molecular weight is 495 g/mol. The van der Waals surface area contributed by atoms with Crippen LogP contribution in [0.25, 0.3) is 0 Å². The molecule has 0 radical (unpaired) electrons. The van der Waals surface area contributed by atoms with Crippen LogP contribution in [0.4, 0.5) is 5.69 Å². The molecule has 3 nitrogen and oxygen atoms in total. The number of hydrogen-bond donors (Lipinski definition) is 0. The van der Waals surface area contributed by atoms with Gasteiger partial charge in [-0.25, -0.2) is 4.99 Å². The van der Waals surface area contributed by atoms with Crippen molar-refractivity contribution in [2.45, 2.75) is 39.5 Å². The summed E-state index contributed by atoms with van der Waals surface area (Å²) in [6.07, 6.45) is 3.50. The Kier molecular flexibility index (Phi) is 13.9. The topological polar surface area (TPSA) is 48.3 Å². The molecule has 3 aromatic carbocycles. The van der Waals surface area contributed by atoms with E-state index in [1.54, 1.807) is 30.6 Å². The van der Waals surface area contributed by atoms with Crippen LogP contribution in [0.1, 0.15) is 50.7 Å². The average Bonchev–Trinajstić information content (AvgIpc) is 3.06. The predicted molar refractivity (Wildman–Crippen MR) is 135 cm³/mol. The van der Waals surface area contributed by atoms with Crippen LogP contribution in [0.15, 0.2) is 114 Å². The largest absolute Gasteiger partial charge is 2.00 e. The summed E-state index contributed by atoms with van der Waals surface area (Å²) in [5, 5.41) is 12.6. The van der Waals surface area contributed by atoms with Gasteiger partial charge in [0.15, 0.2) is 0 Å². The zero-order chi connectivity index (χ0) is 23.9. The Bertz CT molecular complexity index is 1020. The Morgan fingerprint density at radius 3 is 1.62 bits per heavy atom. The molecule has 0 amide bonds. The van der Waals surface area contributed by atoms with Gasteiger partial charge >= 0.3 is 16.5 Å². The van der Waals surface area contributed by atoms with E-state index in [1.807, 2.05) is 60.7 Å². The maximum Gasteiger partial charge on any atom is 2.00 e. The fourth-order valence-corrected chi connectivity index (χ4v) is 3.03. The normalized spacial score (nSPS) is 10.4. The van der Waals surface area contributed by atoms with Gasteiger partial charge in [-0.05, 0) is 41.2 Å². The fourth-order valence-electron chi connectivity index (χ4n) is 3.03. The van der Waals surface area contributed by atoms with Gasteiger partial charge in [-0.3, -0.25) is 4.98 Å². The third-order valence-electron chi connectivity index (χ3n) is 4.72. The standard InChI is InChI=1S/C19H23NO.C6H5.C5H5N.Ni/c1-13(2)15-9-8-10-16(14(3)4)19(15)20-17-11-6-5-7-12-18(17)21;2*1-2-4-6-5-3-1;/h5-14H,1-4H3,(H,20,21);2*1-5H;/q;-1;;+2/p-1. The summed E-state index contributed by atoms with van der Waals surface area (Å²) < 4.78 is 0. The smallest absolute Gasteiger partial charge is 0.871 e. The summed E-state index contributed by atoms with van der Waals surface area (Å²) in [6.45, 7) is 8.62. The van der Waals surface area contributed by atoms with Gasteiger partial charge in [-0.1, -0.05) is 82.0 Å². The van der Waals surface area contributed by atoms with E-state index in [2.05, 4.69) is 56.9 Å². The fraction of sp³-hybridized carbons (Fsp3) is 0.200. The maximum absolute atomic E-state index is 12.1. The van der Waals surface area contributed by atoms with Crippen molar-refractivity contribution in [3.8, 4) is 5.75 Å². The Morgan fingerprint density at radius 1 is 0.676 bits per heavy atom. The van der Waals surface area contributed by atoms with Gasteiger partial charge in [0.1, 0.15) is 0 Å². The first kappa shape index (κ1) is 28.8. The van der Waals surface area contributed by atoms with Crippen molar-refractivity contribution in [3.63, 3.8) is 0 Å². The van der Waals surface area contributed by atoms with E-state index in [0.29, 0.717) is 17.2 Å². The molecule has 178 valence electrons. The van der Waals surface area contributed by atoms with Gasteiger partial charge in [0.2, 0.25) is 0 Å². The molecule has 0 fully saturated rings. The first-order valence-corrected chi connectivity index (χ1v) is 11.2. The SMILES string of the molecule is CC(C)c1cccc(C(C)C)c1N=c1cccccc1[O-].[Ni+2].[c-]1ccccc1.c1ccncc1. The Labute approximate surface area is 214 Å². The molecule has 0 aliphatic carbocycles. The molecule has 0 atom stereocenters. The van der Waals surface area contributed by atoms with Gasteiger partial charge in [0.25, 0.3) is 0 Å². The van der Waals surface area contributed by atoms with Gasteiger partial charge in [-0.15, -0.1) is 0 Å². The van der Waals surface area contributed by atoms with Crippen LogP contribution in [-0.2, 0) is 16.5 Å². The van der Waals surface area contributed by atoms with Crippen molar-refractivity contribution in [2.24, 2.45) is 4.99 Å². The molecule has 0 spiro atoms. The second kappa shape index (κ2) is 16.4. The van der Waals surface area contributed by atoms with E-state index in [-0.39, 0.29) is 22.2 Å². The zero-order valence-electron chi connectivity index (χ0n) is 20.2. The first-order valence-electron chi connectivity index (χ1n) is 11.2. The van der Waals surface area contributed by atoms with Crippen LogP contribution in [-0.4, -0.2) is 4.98 Å². The Hall–Kier alpha value is -3.23. The van der Waals surface area contributed by atoms with E-state index in [9.17, 15) is 5.11 Å². The van der Waals surface area contributed by atoms with Crippen molar-refractivity contribution >= 4 is 5.69 Å². The zero-order valence-corrected chi connectivity index (χ0v) is 21.2. The van der Waals surface area contributed by atoms with Crippen LogP contribution in [0, 0.1) is 6.07 Å². The summed E-state index contributed by atoms with van der Waals surface area (Å²) >= 11 is 0. The van der Waals surface area contributed by atoms with Crippen LogP contribution < -0.4 is 10.5 Å².